The fraction of sp³-hybridized carbons (Fsp3) is 0.300. The minimum atomic E-state index is -3.31. The number of benzene rings is 2. The van der Waals surface area contributed by atoms with Crippen molar-refractivity contribution in [3.8, 4) is 0 Å². The van der Waals surface area contributed by atoms with Gasteiger partial charge in [-0.1, -0.05) is 41.2 Å². The predicted octanol–water partition coefficient (Wildman–Crippen LogP) is 2.73. The number of methoxy groups -OCH3 is 1. The summed E-state index contributed by atoms with van der Waals surface area (Å²) in [5.74, 6) is -0.245. The molecule has 0 fully saturated rings. The molecule has 0 unspecified atom stereocenters. The zero-order valence-electron chi connectivity index (χ0n) is 16.0. The van der Waals surface area contributed by atoms with Gasteiger partial charge in [-0.05, 0) is 30.7 Å². The number of aromatic nitrogens is 1. The molecule has 6 nitrogen and oxygen atoms in total. The summed E-state index contributed by atoms with van der Waals surface area (Å²) in [6, 6.07) is 12.7. The number of fused-ring (bicyclic) bond motifs is 1. The third kappa shape index (κ3) is 4.76. The van der Waals surface area contributed by atoms with Crippen LogP contribution in [0.5, 0.6) is 0 Å². The van der Waals surface area contributed by atoms with Gasteiger partial charge in [0.05, 0.1) is 28.1 Å². The second kappa shape index (κ2) is 8.38. The predicted molar refractivity (Wildman–Crippen MR) is 110 cm³/mol. The summed E-state index contributed by atoms with van der Waals surface area (Å²) in [4.78, 5) is 17.6. The summed E-state index contributed by atoms with van der Waals surface area (Å²) in [5.41, 5.74) is 2.87. The van der Waals surface area contributed by atoms with E-state index in [2.05, 4.69) is 4.99 Å². The highest BCUT2D eigenvalue weighted by Crippen LogP contribution is 2.22. The third-order valence-electron chi connectivity index (χ3n) is 4.30. The van der Waals surface area contributed by atoms with Crippen molar-refractivity contribution < 1.29 is 17.9 Å². The number of nitrogens with zero attached hydrogens (tertiary/aromatic N) is 2. The normalized spacial score (nSPS) is 12.6. The molecule has 148 valence electrons. The molecule has 0 N–H and O–H groups in total. The molecule has 3 aromatic rings. The van der Waals surface area contributed by atoms with Crippen LogP contribution >= 0.6 is 11.3 Å². The molecule has 0 bridgehead atoms. The molecule has 0 aliphatic heterocycles. The second-order valence-corrected chi connectivity index (χ2v) is 9.62. The van der Waals surface area contributed by atoms with Crippen LogP contribution in [0, 0.1) is 6.92 Å². The average molecular weight is 419 g/mol. The first-order chi connectivity index (χ1) is 13.3. The number of carbonyl (C=O) groups excluding carboxylic acids is 1. The van der Waals surface area contributed by atoms with Crippen molar-refractivity contribution in [2.45, 2.75) is 24.8 Å². The van der Waals surface area contributed by atoms with Gasteiger partial charge in [-0.25, -0.2) is 8.42 Å². The Morgan fingerprint density at radius 1 is 1.18 bits per heavy atom. The molecule has 0 aliphatic rings. The van der Waals surface area contributed by atoms with Crippen molar-refractivity contribution in [2.24, 2.45) is 4.99 Å². The van der Waals surface area contributed by atoms with E-state index < -0.39 is 9.84 Å². The van der Waals surface area contributed by atoms with E-state index in [0.717, 1.165) is 21.3 Å². The molecule has 0 atom stereocenters. The number of ether oxygens (including phenoxy) is 1. The molecule has 3 rings (SSSR count). The summed E-state index contributed by atoms with van der Waals surface area (Å²) in [6.45, 7) is 2.97. The topological polar surface area (TPSA) is 77.7 Å². The highest BCUT2D eigenvalue weighted by molar-refractivity contribution is 7.90. The van der Waals surface area contributed by atoms with Crippen LogP contribution in [-0.4, -0.2) is 38.9 Å². The lowest BCUT2D eigenvalue weighted by atomic mass is 10.1. The number of amides is 1. The zero-order valence-corrected chi connectivity index (χ0v) is 17.6. The first-order valence-electron chi connectivity index (χ1n) is 8.73. The Hall–Kier alpha value is -2.29. The molecule has 1 amide bonds. The Bertz CT molecular complexity index is 1170. The van der Waals surface area contributed by atoms with Crippen LogP contribution in [-0.2, 0) is 32.3 Å². The quantitative estimate of drug-likeness (QED) is 0.617. The molecule has 0 aliphatic carbocycles. The van der Waals surface area contributed by atoms with Crippen LogP contribution in [0.15, 0.2) is 52.4 Å². The molecule has 0 saturated carbocycles. The molecule has 2 aromatic carbocycles. The number of rotatable bonds is 6. The number of hydrogen-bond acceptors (Lipinski definition) is 5. The zero-order chi connectivity index (χ0) is 20.3. The van der Waals surface area contributed by atoms with Crippen molar-refractivity contribution in [1.29, 1.82) is 0 Å². The minimum Gasteiger partial charge on any atom is -0.383 e. The lowest BCUT2D eigenvalue weighted by molar-refractivity contribution is -0.117. The molecule has 0 saturated heterocycles. The highest BCUT2D eigenvalue weighted by atomic mass is 32.2. The molecular formula is C20H22N2O4S2. The van der Waals surface area contributed by atoms with Gasteiger partial charge in [0, 0.05) is 19.9 Å². The maximum Gasteiger partial charge on any atom is 0.252 e. The van der Waals surface area contributed by atoms with Crippen LogP contribution in [0.1, 0.15) is 11.1 Å². The maximum atomic E-state index is 12.5. The Balaban J connectivity index is 2.02. The molecular weight excluding hydrogens is 396 g/mol. The number of sulfone groups is 1. The van der Waals surface area contributed by atoms with Gasteiger partial charge in [0.15, 0.2) is 14.6 Å². The molecule has 0 radical (unpaired) electrons. The van der Waals surface area contributed by atoms with E-state index in [4.69, 9.17) is 4.74 Å². The van der Waals surface area contributed by atoms with E-state index in [1.807, 2.05) is 35.8 Å². The largest absolute Gasteiger partial charge is 0.383 e. The van der Waals surface area contributed by atoms with Gasteiger partial charge in [0.25, 0.3) is 5.91 Å². The molecule has 1 heterocycles. The van der Waals surface area contributed by atoms with Gasteiger partial charge in [-0.15, -0.1) is 0 Å². The van der Waals surface area contributed by atoms with Gasteiger partial charge in [0.1, 0.15) is 0 Å². The Morgan fingerprint density at radius 3 is 2.54 bits per heavy atom. The van der Waals surface area contributed by atoms with Crippen molar-refractivity contribution in [3.05, 3.63) is 58.4 Å². The summed E-state index contributed by atoms with van der Waals surface area (Å²) in [5, 5.41) is 0. The monoisotopic (exact) mass is 418 g/mol. The van der Waals surface area contributed by atoms with Crippen LogP contribution in [0.25, 0.3) is 10.2 Å². The molecule has 28 heavy (non-hydrogen) atoms. The van der Waals surface area contributed by atoms with Crippen LogP contribution in [0.2, 0.25) is 0 Å². The van der Waals surface area contributed by atoms with E-state index in [0.29, 0.717) is 18.0 Å². The fourth-order valence-corrected chi connectivity index (χ4v) is 4.63. The SMILES string of the molecule is COCCn1c(=NC(=O)Cc2ccc(C)cc2)sc2cc(S(C)(=O)=O)ccc21. The first kappa shape index (κ1) is 20.4. The third-order valence-corrected chi connectivity index (χ3v) is 6.45. The van der Waals surface area contributed by atoms with Gasteiger partial charge in [-0.2, -0.15) is 4.99 Å². The Kier molecular flexibility index (Phi) is 6.12. The number of thiazole rings is 1. The van der Waals surface area contributed by atoms with Crippen molar-refractivity contribution >= 4 is 37.3 Å². The summed E-state index contributed by atoms with van der Waals surface area (Å²) < 4.78 is 31.5. The van der Waals surface area contributed by atoms with Gasteiger partial charge in [-0.3, -0.25) is 4.79 Å². The van der Waals surface area contributed by atoms with Gasteiger partial charge in [0.2, 0.25) is 0 Å². The van der Waals surface area contributed by atoms with E-state index in [1.165, 1.54) is 17.6 Å². The number of aryl methyl sites for hydroxylation is 1. The van der Waals surface area contributed by atoms with Crippen molar-refractivity contribution in [3.63, 3.8) is 0 Å². The highest BCUT2D eigenvalue weighted by Gasteiger charge is 2.13. The van der Waals surface area contributed by atoms with E-state index in [-0.39, 0.29) is 17.2 Å². The van der Waals surface area contributed by atoms with Crippen LogP contribution in [0.4, 0.5) is 0 Å². The molecule has 8 heteroatoms. The molecule has 1 aromatic heterocycles. The minimum absolute atomic E-state index is 0.216. The number of hydrogen-bond donors (Lipinski definition) is 0. The summed E-state index contributed by atoms with van der Waals surface area (Å²) in [7, 11) is -1.70. The average Bonchev–Trinajstić information content (AvgIpc) is 2.97. The van der Waals surface area contributed by atoms with Gasteiger partial charge >= 0.3 is 0 Å². The van der Waals surface area contributed by atoms with Crippen LogP contribution in [0.3, 0.4) is 0 Å². The summed E-state index contributed by atoms with van der Waals surface area (Å²) >= 11 is 1.30. The van der Waals surface area contributed by atoms with E-state index in [1.54, 1.807) is 25.3 Å². The number of carbonyl (C=O) groups is 1. The maximum absolute atomic E-state index is 12.5. The van der Waals surface area contributed by atoms with Crippen LogP contribution < -0.4 is 4.80 Å². The first-order valence-corrected chi connectivity index (χ1v) is 11.4. The second-order valence-electron chi connectivity index (χ2n) is 6.60. The van der Waals surface area contributed by atoms with E-state index >= 15 is 0 Å². The lowest BCUT2D eigenvalue weighted by Crippen LogP contribution is -2.19. The summed E-state index contributed by atoms with van der Waals surface area (Å²) in [6.07, 6.45) is 1.39. The van der Waals surface area contributed by atoms with Crippen molar-refractivity contribution in [1.82, 2.24) is 4.57 Å². The Labute approximate surface area is 168 Å². The fourth-order valence-electron chi connectivity index (χ4n) is 2.79. The van der Waals surface area contributed by atoms with E-state index in [9.17, 15) is 13.2 Å². The Morgan fingerprint density at radius 2 is 1.89 bits per heavy atom. The molecule has 0 spiro atoms. The standard InChI is InChI=1S/C20H22N2O4S2/c1-14-4-6-15(7-5-14)12-19(23)21-20-22(10-11-26-2)17-9-8-16(28(3,24)25)13-18(17)27-20/h4-9,13H,10-12H2,1-3H3. The smallest absolute Gasteiger partial charge is 0.252 e. The van der Waals surface area contributed by atoms with Gasteiger partial charge < -0.3 is 9.30 Å². The lowest BCUT2D eigenvalue weighted by Gasteiger charge is -2.05. The van der Waals surface area contributed by atoms with Crippen molar-refractivity contribution in [2.75, 3.05) is 20.0 Å².